The summed E-state index contributed by atoms with van der Waals surface area (Å²) < 4.78 is 12.5. The molecule has 2 aromatic carbocycles. The van der Waals surface area contributed by atoms with Crippen LogP contribution in [0.5, 0.6) is 5.75 Å². The van der Waals surface area contributed by atoms with E-state index in [0.717, 1.165) is 52.6 Å². The van der Waals surface area contributed by atoms with Gasteiger partial charge in [0.25, 0.3) is 0 Å². The maximum absolute atomic E-state index is 12.7. The maximum Gasteiger partial charge on any atom is 0.246 e. The van der Waals surface area contributed by atoms with Crippen LogP contribution >= 0.6 is 0 Å². The summed E-state index contributed by atoms with van der Waals surface area (Å²) in [6, 6.07) is 13.9. The zero-order chi connectivity index (χ0) is 21.8. The van der Waals surface area contributed by atoms with E-state index in [0.29, 0.717) is 13.2 Å². The van der Waals surface area contributed by atoms with E-state index < -0.39 is 0 Å². The van der Waals surface area contributed by atoms with Crippen molar-refractivity contribution in [3.8, 4) is 16.9 Å². The van der Waals surface area contributed by atoms with Crippen LogP contribution in [0.1, 0.15) is 11.1 Å². The van der Waals surface area contributed by atoms with Crippen molar-refractivity contribution in [1.82, 2.24) is 9.78 Å². The third kappa shape index (κ3) is 5.06. The summed E-state index contributed by atoms with van der Waals surface area (Å²) in [5.74, 6) is 1.56. The largest absolute Gasteiger partial charge is 0.497 e. The SMILES string of the molecule is COc1ccc(-c2cn(CC(=O)Nc3cc(C)cc(C)c3)nc2N2CCOCC2)cc1. The molecule has 2 heterocycles. The normalized spacial score (nSPS) is 13.8. The molecule has 0 radical (unpaired) electrons. The van der Waals surface area contributed by atoms with Crippen LogP contribution in [0.25, 0.3) is 11.1 Å². The van der Waals surface area contributed by atoms with E-state index in [4.69, 9.17) is 14.6 Å². The van der Waals surface area contributed by atoms with E-state index in [9.17, 15) is 4.79 Å². The van der Waals surface area contributed by atoms with E-state index >= 15 is 0 Å². The van der Waals surface area contributed by atoms with Crippen LogP contribution in [0, 0.1) is 13.8 Å². The molecular weight excluding hydrogens is 392 g/mol. The molecule has 0 atom stereocenters. The lowest BCUT2D eigenvalue weighted by atomic mass is 10.1. The van der Waals surface area contributed by atoms with Gasteiger partial charge in [-0.2, -0.15) is 5.10 Å². The maximum atomic E-state index is 12.7. The second-order valence-corrected chi connectivity index (χ2v) is 7.82. The molecule has 1 saturated heterocycles. The van der Waals surface area contributed by atoms with Crippen molar-refractivity contribution in [3.05, 3.63) is 59.8 Å². The fraction of sp³-hybridized carbons (Fsp3) is 0.333. The summed E-state index contributed by atoms with van der Waals surface area (Å²) >= 11 is 0. The molecule has 0 spiro atoms. The molecule has 0 bridgehead atoms. The average Bonchev–Trinajstić information content (AvgIpc) is 3.17. The molecule has 31 heavy (non-hydrogen) atoms. The van der Waals surface area contributed by atoms with Crippen molar-refractivity contribution in [3.63, 3.8) is 0 Å². The smallest absolute Gasteiger partial charge is 0.246 e. The molecule has 7 nitrogen and oxygen atoms in total. The summed E-state index contributed by atoms with van der Waals surface area (Å²) in [4.78, 5) is 14.9. The lowest BCUT2D eigenvalue weighted by Crippen LogP contribution is -2.36. The van der Waals surface area contributed by atoms with Crippen LogP contribution in [-0.4, -0.2) is 49.1 Å². The summed E-state index contributed by atoms with van der Waals surface area (Å²) in [7, 11) is 1.65. The average molecular weight is 421 g/mol. The van der Waals surface area contributed by atoms with Crippen LogP contribution in [0.15, 0.2) is 48.7 Å². The highest BCUT2D eigenvalue weighted by atomic mass is 16.5. The Balaban J connectivity index is 1.58. The zero-order valence-corrected chi connectivity index (χ0v) is 18.2. The quantitative estimate of drug-likeness (QED) is 0.659. The van der Waals surface area contributed by atoms with Crippen molar-refractivity contribution in [2.45, 2.75) is 20.4 Å². The summed E-state index contributed by atoms with van der Waals surface area (Å²) in [5, 5.41) is 7.75. The Hall–Kier alpha value is -3.32. The molecule has 0 unspecified atom stereocenters. The number of aromatic nitrogens is 2. The summed E-state index contributed by atoms with van der Waals surface area (Å²) in [6.07, 6.45) is 1.94. The van der Waals surface area contributed by atoms with Gasteiger partial charge >= 0.3 is 0 Å². The van der Waals surface area contributed by atoms with Crippen LogP contribution in [0.2, 0.25) is 0 Å². The van der Waals surface area contributed by atoms with Crippen molar-refractivity contribution < 1.29 is 14.3 Å². The number of hydrogen-bond acceptors (Lipinski definition) is 5. The molecule has 1 aromatic heterocycles. The number of morpholine rings is 1. The lowest BCUT2D eigenvalue weighted by Gasteiger charge is -2.27. The molecular formula is C24H28N4O3. The Morgan fingerprint density at radius 3 is 2.42 bits per heavy atom. The van der Waals surface area contributed by atoms with Gasteiger partial charge in [0.2, 0.25) is 5.91 Å². The Labute approximate surface area is 182 Å². The first-order valence-corrected chi connectivity index (χ1v) is 10.4. The van der Waals surface area contributed by atoms with Gasteiger partial charge in [0.1, 0.15) is 12.3 Å². The number of methoxy groups -OCH3 is 1. The van der Waals surface area contributed by atoms with Crippen LogP contribution < -0.4 is 15.0 Å². The lowest BCUT2D eigenvalue weighted by molar-refractivity contribution is -0.116. The van der Waals surface area contributed by atoms with Gasteiger partial charge < -0.3 is 19.7 Å². The molecule has 0 saturated carbocycles. The highest BCUT2D eigenvalue weighted by Gasteiger charge is 2.21. The fourth-order valence-electron chi connectivity index (χ4n) is 3.87. The van der Waals surface area contributed by atoms with E-state index in [-0.39, 0.29) is 12.5 Å². The Morgan fingerprint density at radius 2 is 1.77 bits per heavy atom. The zero-order valence-electron chi connectivity index (χ0n) is 18.2. The molecule has 3 aromatic rings. The number of hydrogen-bond donors (Lipinski definition) is 1. The molecule has 7 heteroatoms. The number of benzene rings is 2. The number of anilines is 2. The van der Waals surface area contributed by atoms with Crippen LogP contribution in [0.3, 0.4) is 0 Å². The van der Waals surface area contributed by atoms with Crippen molar-refractivity contribution >= 4 is 17.4 Å². The highest BCUT2D eigenvalue weighted by Crippen LogP contribution is 2.31. The standard InChI is InChI=1S/C24H28N4O3/c1-17-12-18(2)14-20(13-17)25-23(29)16-28-15-22(19-4-6-21(30-3)7-5-19)24(26-28)27-8-10-31-11-9-27/h4-7,12-15H,8-11,16H2,1-3H3,(H,25,29). The van der Waals surface area contributed by atoms with Crippen molar-refractivity contribution in [1.29, 1.82) is 0 Å². The molecule has 1 aliphatic rings. The minimum atomic E-state index is -0.109. The predicted octanol–water partition coefficient (Wildman–Crippen LogP) is 3.65. The van der Waals surface area contributed by atoms with Crippen molar-refractivity contribution in [2.75, 3.05) is 43.6 Å². The molecule has 0 aliphatic carbocycles. The Bertz CT molecular complexity index is 1030. The van der Waals surface area contributed by atoms with E-state index in [1.54, 1.807) is 11.8 Å². The highest BCUT2D eigenvalue weighted by molar-refractivity contribution is 5.91. The van der Waals surface area contributed by atoms with E-state index in [1.807, 2.05) is 56.4 Å². The topological polar surface area (TPSA) is 68.6 Å². The number of nitrogens with one attached hydrogen (secondary N) is 1. The number of ether oxygens (including phenoxy) is 2. The van der Waals surface area contributed by atoms with Gasteiger partial charge in [0, 0.05) is 30.5 Å². The van der Waals surface area contributed by atoms with E-state index in [2.05, 4.69) is 16.3 Å². The van der Waals surface area contributed by atoms with E-state index in [1.165, 1.54) is 0 Å². The number of amides is 1. The molecule has 1 N–H and O–H groups in total. The first-order chi connectivity index (χ1) is 15.0. The monoisotopic (exact) mass is 420 g/mol. The van der Waals surface area contributed by atoms with Gasteiger partial charge in [-0.3, -0.25) is 9.48 Å². The fourth-order valence-corrected chi connectivity index (χ4v) is 3.87. The third-order valence-corrected chi connectivity index (χ3v) is 5.26. The van der Waals surface area contributed by atoms with Gasteiger partial charge in [-0.1, -0.05) is 18.2 Å². The second-order valence-electron chi connectivity index (χ2n) is 7.82. The van der Waals surface area contributed by atoms with Gasteiger partial charge in [-0.05, 0) is 54.8 Å². The van der Waals surface area contributed by atoms with Gasteiger partial charge in [-0.15, -0.1) is 0 Å². The first kappa shape index (κ1) is 20.9. The minimum Gasteiger partial charge on any atom is -0.497 e. The molecule has 4 rings (SSSR count). The van der Waals surface area contributed by atoms with Crippen molar-refractivity contribution in [2.24, 2.45) is 0 Å². The van der Waals surface area contributed by atoms with Gasteiger partial charge in [0.15, 0.2) is 5.82 Å². The van der Waals surface area contributed by atoms with Gasteiger partial charge in [-0.25, -0.2) is 0 Å². The first-order valence-electron chi connectivity index (χ1n) is 10.4. The molecule has 1 fully saturated rings. The predicted molar refractivity (Wildman–Crippen MR) is 122 cm³/mol. The van der Waals surface area contributed by atoms with Gasteiger partial charge in [0.05, 0.1) is 20.3 Å². The second kappa shape index (κ2) is 9.22. The number of nitrogens with zero attached hydrogens (tertiary/aromatic N) is 3. The van der Waals surface area contributed by atoms with Crippen LogP contribution in [0.4, 0.5) is 11.5 Å². The number of aryl methyl sites for hydroxylation is 2. The summed E-state index contributed by atoms with van der Waals surface area (Å²) in [5.41, 5.74) is 5.06. The number of rotatable bonds is 6. The molecule has 162 valence electrons. The Morgan fingerprint density at radius 1 is 1.10 bits per heavy atom. The molecule has 1 aliphatic heterocycles. The number of carbonyl (C=O) groups excluding carboxylic acids is 1. The third-order valence-electron chi connectivity index (χ3n) is 5.26. The Kier molecular flexibility index (Phi) is 6.23. The summed E-state index contributed by atoms with van der Waals surface area (Å²) in [6.45, 7) is 7.06. The van der Waals surface area contributed by atoms with Crippen LogP contribution in [-0.2, 0) is 16.1 Å². The minimum absolute atomic E-state index is 0.109. The number of carbonyl (C=O) groups is 1. The molecule has 1 amide bonds.